The second-order valence-corrected chi connectivity index (χ2v) is 2.52. The molecule has 0 fully saturated rings. The van der Waals surface area contributed by atoms with Crippen LogP contribution in [0.2, 0.25) is 10.0 Å². The van der Waals surface area contributed by atoms with Gasteiger partial charge in [-0.1, -0.05) is 23.2 Å². The third-order valence-electron chi connectivity index (χ3n) is 1.11. The van der Waals surface area contributed by atoms with Gasteiger partial charge in [-0.3, -0.25) is 4.98 Å². The van der Waals surface area contributed by atoms with Crippen LogP contribution in [0.5, 0.6) is 0 Å². The van der Waals surface area contributed by atoms with Crippen molar-refractivity contribution in [2.75, 3.05) is 12.4 Å². The molecule has 1 N–H and O–H groups in total. The fourth-order valence-corrected chi connectivity index (χ4v) is 0.944. The van der Waals surface area contributed by atoms with Crippen LogP contribution in [0.15, 0.2) is 12.4 Å². The minimum absolute atomic E-state index is 0.466. The minimum Gasteiger partial charge on any atom is -0.386 e. The van der Waals surface area contributed by atoms with Crippen LogP contribution < -0.4 is 5.32 Å². The molecule has 1 heterocycles. The van der Waals surface area contributed by atoms with Crippen LogP contribution in [0.3, 0.4) is 0 Å². The quantitative estimate of drug-likeness (QED) is 0.712. The van der Waals surface area contributed by atoms with Crippen LogP contribution in [0.4, 0.5) is 5.69 Å². The van der Waals surface area contributed by atoms with E-state index in [0.717, 1.165) is 5.69 Å². The Balaban J connectivity index is 3.14. The highest BCUT2D eigenvalue weighted by molar-refractivity contribution is 6.43. The summed E-state index contributed by atoms with van der Waals surface area (Å²) in [5.41, 5.74) is 0.745. The maximum atomic E-state index is 5.76. The van der Waals surface area contributed by atoms with Gasteiger partial charge in [0.05, 0.1) is 21.9 Å². The summed E-state index contributed by atoms with van der Waals surface area (Å²) in [6.45, 7) is 0. The topological polar surface area (TPSA) is 24.9 Å². The molecule has 0 aliphatic rings. The first kappa shape index (κ1) is 7.63. The van der Waals surface area contributed by atoms with Gasteiger partial charge in [0.1, 0.15) is 0 Å². The van der Waals surface area contributed by atoms with E-state index < -0.39 is 0 Å². The Bertz CT molecular complexity index is 237. The standard InChI is InChI=1S/C6H6Cl2N2/c1-9-5-3-10-2-4(7)6(5)8/h2-3,9H,1H3. The van der Waals surface area contributed by atoms with Crippen molar-refractivity contribution >= 4 is 28.9 Å². The van der Waals surface area contributed by atoms with Gasteiger partial charge in [0.2, 0.25) is 0 Å². The van der Waals surface area contributed by atoms with E-state index in [1.165, 1.54) is 6.20 Å². The number of halogens is 2. The summed E-state index contributed by atoms with van der Waals surface area (Å²) < 4.78 is 0. The first-order valence-corrected chi connectivity index (χ1v) is 3.48. The number of hydrogen-bond donors (Lipinski definition) is 1. The smallest absolute Gasteiger partial charge is 0.0855 e. The molecule has 2 nitrogen and oxygen atoms in total. The second kappa shape index (κ2) is 3.08. The molecule has 0 aliphatic carbocycles. The number of hydrogen-bond acceptors (Lipinski definition) is 2. The Labute approximate surface area is 69.2 Å². The number of anilines is 1. The molecule has 4 heteroatoms. The molecule has 0 atom stereocenters. The lowest BCUT2D eigenvalue weighted by molar-refractivity contribution is 1.31. The molecule has 0 bridgehead atoms. The first-order chi connectivity index (χ1) is 4.75. The van der Waals surface area contributed by atoms with Crippen molar-refractivity contribution in [3.05, 3.63) is 22.4 Å². The fourth-order valence-electron chi connectivity index (χ4n) is 0.594. The van der Waals surface area contributed by atoms with Crippen molar-refractivity contribution in [3.8, 4) is 0 Å². The van der Waals surface area contributed by atoms with E-state index in [4.69, 9.17) is 23.2 Å². The molecule has 54 valence electrons. The Morgan fingerprint density at radius 1 is 1.40 bits per heavy atom. The summed E-state index contributed by atoms with van der Waals surface area (Å²) in [7, 11) is 1.76. The van der Waals surface area contributed by atoms with Gasteiger partial charge in [-0.25, -0.2) is 0 Å². The van der Waals surface area contributed by atoms with Crippen LogP contribution in [-0.4, -0.2) is 12.0 Å². The highest BCUT2D eigenvalue weighted by atomic mass is 35.5. The fraction of sp³-hybridized carbons (Fsp3) is 0.167. The normalized spacial score (nSPS) is 9.50. The first-order valence-electron chi connectivity index (χ1n) is 2.72. The molecule has 0 saturated carbocycles. The summed E-state index contributed by atoms with van der Waals surface area (Å²) in [4.78, 5) is 3.84. The molecule has 1 aromatic heterocycles. The molecule has 0 saturated heterocycles. The maximum absolute atomic E-state index is 5.76. The number of pyridine rings is 1. The van der Waals surface area contributed by atoms with Crippen molar-refractivity contribution in [1.29, 1.82) is 0 Å². The van der Waals surface area contributed by atoms with Crippen molar-refractivity contribution in [2.24, 2.45) is 0 Å². The number of nitrogens with zero attached hydrogens (tertiary/aromatic N) is 1. The summed E-state index contributed by atoms with van der Waals surface area (Å²) in [5.74, 6) is 0. The largest absolute Gasteiger partial charge is 0.386 e. The zero-order valence-electron chi connectivity index (χ0n) is 5.36. The molecular weight excluding hydrogens is 171 g/mol. The maximum Gasteiger partial charge on any atom is 0.0855 e. The van der Waals surface area contributed by atoms with Gasteiger partial charge in [-0.05, 0) is 0 Å². The van der Waals surface area contributed by atoms with Crippen molar-refractivity contribution in [1.82, 2.24) is 4.98 Å². The molecule has 0 radical (unpaired) electrons. The monoisotopic (exact) mass is 176 g/mol. The summed E-state index contributed by atoms with van der Waals surface area (Å²) in [6, 6.07) is 0. The number of rotatable bonds is 1. The molecule has 0 aromatic carbocycles. The third-order valence-corrected chi connectivity index (χ3v) is 1.90. The predicted octanol–water partition coefficient (Wildman–Crippen LogP) is 2.43. The zero-order chi connectivity index (χ0) is 7.56. The van der Waals surface area contributed by atoms with Crippen LogP contribution in [0.1, 0.15) is 0 Å². The van der Waals surface area contributed by atoms with E-state index >= 15 is 0 Å². The molecule has 0 spiro atoms. The Hall–Kier alpha value is -0.470. The SMILES string of the molecule is CNc1cncc(Cl)c1Cl. The Kier molecular flexibility index (Phi) is 2.35. The van der Waals surface area contributed by atoms with Gasteiger partial charge in [0, 0.05) is 13.2 Å². The van der Waals surface area contributed by atoms with Gasteiger partial charge in [0.15, 0.2) is 0 Å². The molecule has 1 aromatic rings. The van der Waals surface area contributed by atoms with Crippen LogP contribution in [-0.2, 0) is 0 Å². The van der Waals surface area contributed by atoms with E-state index in [2.05, 4.69) is 10.3 Å². The lowest BCUT2D eigenvalue weighted by Gasteiger charge is -2.01. The van der Waals surface area contributed by atoms with Crippen molar-refractivity contribution in [3.63, 3.8) is 0 Å². The van der Waals surface area contributed by atoms with E-state index in [0.29, 0.717) is 10.0 Å². The van der Waals surface area contributed by atoms with Crippen molar-refractivity contribution in [2.45, 2.75) is 0 Å². The molecule has 1 rings (SSSR count). The van der Waals surface area contributed by atoms with Gasteiger partial charge >= 0.3 is 0 Å². The van der Waals surface area contributed by atoms with Crippen LogP contribution in [0, 0.1) is 0 Å². The zero-order valence-corrected chi connectivity index (χ0v) is 6.87. The van der Waals surface area contributed by atoms with E-state index in [-0.39, 0.29) is 0 Å². The Morgan fingerprint density at radius 2 is 2.10 bits per heavy atom. The van der Waals surface area contributed by atoms with Crippen LogP contribution in [0.25, 0.3) is 0 Å². The lowest BCUT2D eigenvalue weighted by atomic mass is 10.4. The second-order valence-electron chi connectivity index (χ2n) is 1.73. The molecule has 0 aliphatic heterocycles. The van der Waals surface area contributed by atoms with E-state index in [1.54, 1.807) is 13.2 Å². The molecule has 10 heavy (non-hydrogen) atoms. The average Bonchev–Trinajstić information content (AvgIpc) is 1.95. The van der Waals surface area contributed by atoms with E-state index in [1.807, 2.05) is 0 Å². The highest BCUT2D eigenvalue weighted by Gasteiger charge is 2.01. The summed E-state index contributed by atoms with van der Waals surface area (Å²) in [5, 5.41) is 3.84. The predicted molar refractivity (Wildman–Crippen MR) is 43.8 cm³/mol. The summed E-state index contributed by atoms with van der Waals surface area (Å²) in [6.07, 6.45) is 3.12. The highest BCUT2D eigenvalue weighted by Crippen LogP contribution is 2.27. The van der Waals surface area contributed by atoms with Gasteiger partial charge in [-0.15, -0.1) is 0 Å². The van der Waals surface area contributed by atoms with Gasteiger partial charge in [0.25, 0.3) is 0 Å². The van der Waals surface area contributed by atoms with Crippen LogP contribution >= 0.6 is 23.2 Å². The molecule has 0 amide bonds. The molecular formula is C6H6Cl2N2. The average molecular weight is 177 g/mol. The summed E-state index contributed by atoms with van der Waals surface area (Å²) >= 11 is 11.4. The Morgan fingerprint density at radius 3 is 2.60 bits per heavy atom. The minimum atomic E-state index is 0.466. The number of aromatic nitrogens is 1. The molecule has 0 unspecified atom stereocenters. The van der Waals surface area contributed by atoms with Gasteiger partial charge < -0.3 is 5.32 Å². The van der Waals surface area contributed by atoms with Gasteiger partial charge in [-0.2, -0.15) is 0 Å². The van der Waals surface area contributed by atoms with E-state index in [9.17, 15) is 0 Å². The third kappa shape index (κ3) is 1.33. The van der Waals surface area contributed by atoms with Crippen molar-refractivity contribution < 1.29 is 0 Å². The lowest BCUT2D eigenvalue weighted by Crippen LogP contribution is -1.89. The number of nitrogens with one attached hydrogen (secondary N) is 1.